The van der Waals surface area contributed by atoms with Crippen molar-refractivity contribution in [2.24, 2.45) is 0 Å². The summed E-state index contributed by atoms with van der Waals surface area (Å²) >= 11 is 6.05. The van der Waals surface area contributed by atoms with Gasteiger partial charge in [0.25, 0.3) is 5.91 Å². The van der Waals surface area contributed by atoms with Crippen LogP contribution in [0.5, 0.6) is 5.75 Å². The molecule has 0 saturated carbocycles. The van der Waals surface area contributed by atoms with Crippen molar-refractivity contribution in [3.8, 4) is 5.75 Å². The molecular weight excluding hydrogens is 360 g/mol. The van der Waals surface area contributed by atoms with E-state index in [1.54, 1.807) is 6.07 Å². The fraction of sp³-hybridized carbons (Fsp3) is 0.318. The van der Waals surface area contributed by atoms with Gasteiger partial charge in [0.05, 0.1) is 0 Å². The second-order valence-corrected chi connectivity index (χ2v) is 7.89. The third-order valence-corrected chi connectivity index (χ3v) is 6.08. The van der Waals surface area contributed by atoms with E-state index in [-0.39, 0.29) is 5.91 Å². The molecular formula is C22H21ClN2O2. The molecule has 27 heavy (non-hydrogen) atoms. The zero-order valence-corrected chi connectivity index (χ0v) is 15.7. The van der Waals surface area contributed by atoms with E-state index in [0.29, 0.717) is 17.4 Å². The summed E-state index contributed by atoms with van der Waals surface area (Å²) in [5, 5.41) is 1.98. The Bertz CT molecular complexity index is 1000. The van der Waals surface area contributed by atoms with Crippen LogP contribution in [-0.4, -0.2) is 35.0 Å². The molecule has 1 saturated heterocycles. The van der Waals surface area contributed by atoms with Crippen LogP contribution < -0.4 is 4.74 Å². The van der Waals surface area contributed by atoms with Crippen molar-refractivity contribution < 1.29 is 9.53 Å². The number of ether oxygens (including phenoxy) is 1. The molecule has 5 rings (SSSR count). The van der Waals surface area contributed by atoms with Crippen molar-refractivity contribution in [2.75, 3.05) is 13.1 Å². The number of hydrogen-bond donors (Lipinski definition) is 1. The predicted octanol–water partition coefficient (Wildman–Crippen LogP) is 4.53. The van der Waals surface area contributed by atoms with Gasteiger partial charge in [-0.2, -0.15) is 0 Å². The van der Waals surface area contributed by atoms with E-state index >= 15 is 0 Å². The first kappa shape index (κ1) is 16.7. The first-order valence-electron chi connectivity index (χ1n) is 9.49. The smallest absolute Gasteiger partial charge is 0.263 e. The van der Waals surface area contributed by atoms with Crippen LogP contribution in [-0.2, 0) is 11.2 Å². The lowest BCUT2D eigenvalue weighted by Crippen LogP contribution is -2.45. The van der Waals surface area contributed by atoms with Gasteiger partial charge in [-0.1, -0.05) is 29.8 Å². The fourth-order valence-corrected chi connectivity index (χ4v) is 4.60. The Hall–Kier alpha value is -2.46. The Labute approximate surface area is 163 Å². The quantitative estimate of drug-likeness (QED) is 0.709. The summed E-state index contributed by atoms with van der Waals surface area (Å²) in [7, 11) is 0. The topological polar surface area (TPSA) is 45.3 Å². The number of halogens is 1. The fourth-order valence-electron chi connectivity index (χ4n) is 4.40. The largest absolute Gasteiger partial charge is 0.480 e. The number of carbonyl (C=O) groups excluding carboxylic acids is 1. The van der Waals surface area contributed by atoms with Crippen LogP contribution >= 0.6 is 11.6 Å². The summed E-state index contributed by atoms with van der Waals surface area (Å²) in [6, 6.07) is 14.0. The van der Waals surface area contributed by atoms with Crippen molar-refractivity contribution in [3.63, 3.8) is 0 Å². The lowest BCUT2D eigenvalue weighted by Gasteiger charge is -2.33. The zero-order valence-electron chi connectivity index (χ0n) is 15.0. The number of hydrogen-bond acceptors (Lipinski definition) is 2. The normalized spacial score (nSPS) is 19.9. The van der Waals surface area contributed by atoms with Crippen LogP contribution in [0.4, 0.5) is 0 Å². The highest BCUT2D eigenvalue weighted by Crippen LogP contribution is 2.35. The van der Waals surface area contributed by atoms with Crippen molar-refractivity contribution in [3.05, 3.63) is 64.8 Å². The van der Waals surface area contributed by atoms with Crippen LogP contribution in [0.3, 0.4) is 0 Å². The number of piperidine rings is 1. The lowest BCUT2D eigenvalue weighted by molar-refractivity contribution is -0.139. The van der Waals surface area contributed by atoms with Crippen LogP contribution in [0.15, 0.2) is 48.7 Å². The molecule has 3 aromatic rings. The van der Waals surface area contributed by atoms with Gasteiger partial charge < -0.3 is 14.6 Å². The summed E-state index contributed by atoms with van der Waals surface area (Å²) in [5.74, 6) is 1.37. The molecule has 4 nitrogen and oxygen atoms in total. The van der Waals surface area contributed by atoms with Gasteiger partial charge >= 0.3 is 0 Å². The minimum Gasteiger partial charge on any atom is -0.480 e. The van der Waals surface area contributed by atoms with E-state index in [9.17, 15) is 4.79 Å². The Morgan fingerprint density at radius 2 is 1.96 bits per heavy atom. The minimum absolute atomic E-state index is 0.0969. The maximum atomic E-state index is 12.9. The van der Waals surface area contributed by atoms with Crippen molar-refractivity contribution in [1.29, 1.82) is 0 Å². The molecule has 0 spiro atoms. The standard InChI is InChI=1S/C22H21ClN2O2/c23-16-5-6-20-15(11-16)12-21(27-20)22(26)25-9-7-14(8-10-25)18-13-24-19-4-2-1-3-17(18)19/h1-6,11,13-14,21,24H,7-10,12H2/t21-/m0/s1. The monoisotopic (exact) mass is 380 g/mol. The highest BCUT2D eigenvalue weighted by molar-refractivity contribution is 6.30. The van der Waals surface area contributed by atoms with E-state index in [4.69, 9.17) is 16.3 Å². The van der Waals surface area contributed by atoms with E-state index in [0.717, 1.165) is 37.2 Å². The van der Waals surface area contributed by atoms with Crippen LogP contribution in [0.2, 0.25) is 5.02 Å². The third kappa shape index (κ3) is 2.98. The summed E-state index contributed by atoms with van der Waals surface area (Å²) in [6.07, 6.45) is 4.30. The Morgan fingerprint density at radius 1 is 1.15 bits per heavy atom. The number of H-pyrrole nitrogens is 1. The van der Waals surface area contributed by atoms with Gasteiger partial charge in [-0.15, -0.1) is 0 Å². The molecule has 0 radical (unpaired) electrons. The molecule has 3 heterocycles. The summed E-state index contributed by atoms with van der Waals surface area (Å²) < 4.78 is 5.88. The number of carbonyl (C=O) groups is 1. The molecule has 2 aromatic carbocycles. The Kier molecular flexibility index (Phi) is 4.09. The Balaban J connectivity index is 1.25. The molecule has 1 fully saturated rings. The molecule has 1 aromatic heterocycles. The molecule has 138 valence electrons. The Morgan fingerprint density at radius 3 is 2.81 bits per heavy atom. The number of para-hydroxylation sites is 1. The van der Waals surface area contributed by atoms with Crippen molar-refractivity contribution in [2.45, 2.75) is 31.3 Å². The molecule has 5 heteroatoms. The number of likely N-dealkylation sites (tertiary alicyclic amines) is 1. The van der Waals surface area contributed by atoms with E-state index in [2.05, 4.69) is 35.4 Å². The zero-order chi connectivity index (χ0) is 18.4. The second kappa shape index (κ2) is 6.61. The SMILES string of the molecule is O=C([C@@H]1Cc2cc(Cl)ccc2O1)N1CCC(c2c[nH]c3ccccc23)CC1. The maximum Gasteiger partial charge on any atom is 0.263 e. The van der Waals surface area contributed by atoms with Crippen LogP contribution in [0.25, 0.3) is 10.9 Å². The maximum absolute atomic E-state index is 12.9. The van der Waals surface area contributed by atoms with E-state index < -0.39 is 6.10 Å². The first-order valence-corrected chi connectivity index (χ1v) is 9.87. The number of benzene rings is 2. The minimum atomic E-state index is -0.414. The van der Waals surface area contributed by atoms with Gasteiger partial charge in [-0.3, -0.25) is 4.79 Å². The number of fused-ring (bicyclic) bond motifs is 2. The number of nitrogens with one attached hydrogen (secondary N) is 1. The summed E-state index contributed by atoms with van der Waals surface area (Å²) in [5.41, 5.74) is 3.58. The number of aromatic amines is 1. The molecule has 0 unspecified atom stereocenters. The first-order chi connectivity index (χ1) is 13.2. The number of aromatic nitrogens is 1. The van der Waals surface area contributed by atoms with Crippen molar-refractivity contribution >= 4 is 28.4 Å². The molecule has 1 N–H and O–H groups in total. The van der Waals surface area contributed by atoms with Crippen LogP contribution in [0, 0.1) is 0 Å². The summed E-state index contributed by atoms with van der Waals surface area (Å²) in [6.45, 7) is 1.56. The molecule has 0 bridgehead atoms. The molecule has 1 amide bonds. The van der Waals surface area contributed by atoms with Crippen molar-refractivity contribution in [1.82, 2.24) is 9.88 Å². The average Bonchev–Trinajstić information content (AvgIpc) is 3.31. The molecule has 0 aliphatic carbocycles. The van der Waals surface area contributed by atoms with Gasteiger partial charge in [0.2, 0.25) is 0 Å². The molecule has 2 aliphatic rings. The van der Waals surface area contributed by atoms with E-state index in [1.165, 1.54) is 16.5 Å². The lowest BCUT2D eigenvalue weighted by atomic mass is 9.89. The van der Waals surface area contributed by atoms with Gasteiger partial charge in [0.1, 0.15) is 5.75 Å². The third-order valence-electron chi connectivity index (χ3n) is 5.84. The molecule has 1 atom stereocenters. The van der Waals surface area contributed by atoms with Gasteiger partial charge in [0, 0.05) is 41.6 Å². The number of amides is 1. The second-order valence-electron chi connectivity index (χ2n) is 7.45. The van der Waals surface area contributed by atoms with Gasteiger partial charge in [0.15, 0.2) is 6.10 Å². The van der Waals surface area contributed by atoms with Gasteiger partial charge in [-0.25, -0.2) is 0 Å². The average molecular weight is 381 g/mol. The summed E-state index contributed by atoms with van der Waals surface area (Å²) in [4.78, 5) is 18.3. The van der Waals surface area contributed by atoms with E-state index in [1.807, 2.05) is 17.0 Å². The predicted molar refractivity (Wildman–Crippen MR) is 106 cm³/mol. The highest BCUT2D eigenvalue weighted by Gasteiger charge is 2.34. The number of rotatable bonds is 2. The number of nitrogens with zero attached hydrogens (tertiary/aromatic N) is 1. The molecule has 2 aliphatic heterocycles. The van der Waals surface area contributed by atoms with Gasteiger partial charge in [-0.05, 0) is 54.2 Å². The van der Waals surface area contributed by atoms with Crippen LogP contribution in [0.1, 0.15) is 29.9 Å². The highest BCUT2D eigenvalue weighted by atomic mass is 35.5.